The molecule has 0 heteroatoms. The largest absolute Gasteiger partial charge is 0.0776 e. The van der Waals surface area contributed by atoms with Crippen molar-refractivity contribution in [3.8, 4) is 0 Å². The highest BCUT2D eigenvalue weighted by Crippen LogP contribution is 2.21. The molecule has 0 amide bonds. The molecule has 0 aliphatic heterocycles. The molecule has 38 heavy (non-hydrogen) atoms. The molecular formula is C38H80. The van der Waals surface area contributed by atoms with Gasteiger partial charge in [0.15, 0.2) is 0 Å². The van der Waals surface area contributed by atoms with E-state index in [0.29, 0.717) is 23.7 Å². The summed E-state index contributed by atoms with van der Waals surface area (Å²) in [5.41, 5.74) is 5.78. The molecular weight excluding hydrogens is 456 g/mol. The average Bonchev–Trinajstić information content (AvgIpc) is 2.95. The first-order valence-electron chi connectivity index (χ1n) is 15.4. The Labute approximate surface area is 247 Å². The smallest absolute Gasteiger partial charge is 0.0219 e. The molecule has 2 aromatic rings. The van der Waals surface area contributed by atoms with Gasteiger partial charge in [-0.3, -0.25) is 0 Å². The molecule has 0 bridgehead atoms. The summed E-state index contributed by atoms with van der Waals surface area (Å²) in [5.74, 6) is 2.57. The summed E-state index contributed by atoms with van der Waals surface area (Å²) in [4.78, 5) is 0. The predicted molar refractivity (Wildman–Crippen MR) is 191 cm³/mol. The van der Waals surface area contributed by atoms with Crippen molar-refractivity contribution in [3.63, 3.8) is 0 Å². The zero-order chi connectivity index (χ0) is 30.3. The van der Waals surface area contributed by atoms with Gasteiger partial charge in [0.05, 0.1) is 0 Å². The van der Waals surface area contributed by atoms with Gasteiger partial charge in [-0.25, -0.2) is 0 Å². The zero-order valence-electron chi connectivity index (χ0n) is 28.9. The summed E-state index contributed by atoms with van der Waals surface area (Å²) in [5, 5.41) is 0. The molecule has 0 nitrogen and oxygen atoms in total. The summed E-state index contributed by atoms with van der Waals surface area (Å²) >= 11 is 0. The minimum Gasteiger partial charge on any atom is -0.0776 e. The van der Waals surface area contributed by atoms with Crippen molar-refractivity contribution in [3.05, 3.63) is 70.8 Å². The molecule has 0 saturated heterocycles. The van der Waals surface area contributed by atoms with Crippen molar-refractivity contribution in [2.24, 2.45) is 0 Å². The molecule has 0 spiro atoms. The van der Waals surface area contributed by atoms with Crippen LogP contribution in [0, 0.1) is 0 Å². The molecule has 0 radical (unpaired) electrons. The molecule has 0 aliphatic carbocycles. The van der Waals surface area contributed by atoms with Crippen molar-refractivity contribution < 1.29 is 0 Å². The van der Waals surface area contributed by atoms with Crippen LogP contribution in [0.15, 0.2) is 48.5 Å². The molecule has 232 valence electrons. The van der Waals surface area contributed by atoms with Crippen molar-refractivity contribution in [1.29, 1.82) is 0 Å². The molecule has 0 aliphatic rings. The Kier molecular flexibility index (Phi) is 67.6. The Morgan fingerprint density at radius 3 is 0.553 bits per heavy atom. The van der Waals surface area contributed by atoms with Gasteiger partial charge in [-0.1, -0.05) is 202 Å². The maximum atomic E-state index is 2.31. The fraction of sp³-hybridized carbons (Fsp3) is 0.684. The third kappa shape index (κ3) is 32.5. The van der Waals surface area contributed by atoms with Gasteiger partial charge in [-0.05, 0) is 45.9 Å². The van der Waals surface area contributed by atoms with Crippen LogP contribution in [0.1, 0.15) is 199 Å². The highest BCUT2D eigenvalue weighted by molar-refractivity contribution is 5.28. The lowest BCUT2D eigenvalue weighted by atomic mass is 9.96. The fourth-order valence-electron chi connectivity index (χ4n) is 2.55. The van der Waals surface area contributed by atoms with Crippen LogP contribution in [-0.2, 0) is 0 Å². The van der Waals surface area contributed by atoms with E-state index in [-0.39, 0.29) is 14.9 Å². The molecule has 2 rings (SSSR count). The van der Waals surface area contributed by atoms with Crippen LogP contribution >= 0.6 is 0 Å². The normalized spacial score (nSPS) is 8.00. The Morgan fingerprint density at radius 1 is 0.316 bits per heavy atom. The molecule has 0 N–H and O–H groups in total. The number of hydrogen-bond donors (Lipinski definition) is 0. The Bertz CT molecular complexity index is 501. The molecule has 0 saturated carbocycles. The van der Waals surface area contributed by atoms with E-state index in [1.807, 2.05) is 83.1 Å². The second-order valence-electron chi connectivity index (χ2n) is 7.96. The standard InChI is InChI=1S/2C12H18.6C2H6.2CH4/c2*1-9(2)11-6-5-7-12(8-11)10(3)4;6*1-2;;/h2*5-10H,1-4H3;6*1-2H3;2*1H4. The van der Waals surface area contributed by atoms with E-state index in [4.69, 9.17) is 0 Å². The van der Waals surface area contributed by atoms with E-state index < -0.39 is 0 Å². The predicted octanol–water partition coefficient (Wildman–Crippen LogP) is 15.3. The summed E-state index contributed by atoms with van der Waals surface area (Å²) in [6.45, 7) is 41.9. The lowest BCUT2D eigenvalue weighted by Gasteiger charge is -2.09. The van der Waals surface area contributed by atoms with E-state index in [9.17, 15) is 0 Å². The third-order valence-corrected chi connectivity index (χ3v) is 4.49. The van der Waals surface area contributed by atoms with Crippen LogP contribution in [0.5, 0.6) is 0 Å². The Morgan fingerprint density at radius 2 is 0.447 bits per heavy atom. The fourth-order valence-corrected chi connectivity index (χ4v) is 2.55. The van der Waals surface area contributed by atoms with E-state index in [2.05, 4.69) is 104 Å². The van der Waals surface area contributed by atoms with Gasteiger partial charge in [-0.15, -0.1) is 0 Å². The second kappa shape index (κ2) is 45.4. The molecule has 0 heterocycles. The molecule has 0 atom stereocenters. The summed E-state index contributed by atoms with van der Waals surface area (Å²) in [7, 11) is 0. The first-order valence-corrected chi connectivity index (χ1v) is 15.4. The quantitative estimate of drug-likeness (QED) is 0.364. The van der Waals surface area contributed by atoms with E-state index in [0.717, 1.165) is 0 Å². The molecule has 0 aromatic heterocycles. The molecule has 0 unspecified atom stereocenters. The minimum absolute atomic E-state index is 0. The summed E-state index contributed by atoms with van der Waals surface area (Å²) in [6, 6.07) is 17.8. The lowest BCUT2D eigenvalue weighted by molar-refractivity contribution is 0.834. The van der Waals surface area contributed by atoms with Gasteiger partial charge in [0, 0.05) is 0 Å². The minimum atomic E-state index is 0. The van der Waals surface area contributed by atoms with E-state index >= 15 is 0 Å². The second-order valence-corrected chi connectivity index (χ2v) is 7.96. The third-order valence-electron chi connectivity index (χ3n) is 4.49. The topological polar surface area (TPSA) is 0 Å². The Balaban J connectivity index is -0.0000000545. The first kappa shape index (κ1) is 56.6. The van der Waals surface area contributed by atoms with Crippen molar-refractivity contribution >= 4 is 0 Å². The van der Waals surface area contributed by atoms with Gasteiger partial charge in [0.1, 0.15) is 0 Å². The van der Waals surface area contributed by atoms with Crippen molar-refractivity contribution in [2.75, 3.05) is 0 Å². The van der Waals surface area contributed by atoms with Crippen LogP contribution in [0.25, 0.3) is 0 Å². The highest BCUT2D eigenvalue weighted by atomic mass is 14.1. The number of rotatable bonds is 4. The summed E-state index contributed by atoms with van der Waals surface area (Å²) in [6.07, 6.45) is 0. The van der Waals surface area contributed by atoms with Crippen molar-refractivity contribution in [2.45, 2.75) is 177 Å². The highest BCUT2D eigenvalue weighted by Gasteiger charge is 2.03. The lowest BCUT2D eigenvalue weighted by Crippen LogP contribution is -1.91. The van der Waals surface area contributed by atoms with Crippen molar-refractivity contribution in [1.82, 2.24) is 0 Å². The monoisotopic (exact) mass is 537 g/mol. The molecule has 2 aromatic carbocycles. The van der Waals surface area contributed by atoms with Crippen LogP contribution in [0.3, 0.4) is 0 Å². The molecule has 0 fully saturated rings. The maximum Gasteiger partial charge on any atom is -0.0219 e. The SMILES string of the molecule is C.C.CC.CC.CC.CC.CC.CC.CC(C)c1cccc(C(C)C)c1.CC(C)c1cccc(C(C)C)c1. The van der Waals surface area contributed by atoms with Gasteiger partial charge in [0.25, 0.3) is 0 Å². The first-order chi connectivity index (χ1) is 17.2. The number of hydrogen-bond acceptors (Lipinski definition) is 0. The van der Waals surface area contributed by atoms with Gasteiger partial charge in [-0.2, -0.15) is 0 Å². The summed E-state index contributed by atoms with van der Waals surface area (Å²) < 4.78 is 0. The van der Waals surface area contributed by atoms with Crippen LogP contribution < -0.4 is 0 Å². The van der Waals surface area contributed by atoms with Crippen LogP contribution in [0.2, 0.25) is 0 Å². The Hall–Kier alpha value is -1.56. The number of benzene rings is 2. The van der Waals surface area contributed by atoms with Gasteiger partial charge in [0.2, 0.25) is 0 Å². The van der Waals surface area contributed by atoms with Crippen LogP contribution in [0.4, 0.5) is 0 Å². The average molecular weight is 537 g/mol. The zero-order valence-corrected chi connectivity index (χ0v) is 28.9. The maximum absolute atomic E-state index is 2.31. The van der Waals surface area contributed by atoms with Crippen LogP contribution in [-0.4, -0.2) is 0 Å². The van der Waals surface area contributed by atoms with Gasteiger partial charge < -0.3 is 0 Å². The van der Waals surface area contributed by atoms with Gasteiger partial charge >= 0.3 is 0 Å². The van der Waals surface area contributed by atoms with E-state index in [1.165, 1.54) is 22.3 Å². The van der Waals surface area contributed by atoms with E-state index in [1.54, 1.807) is 0 Å².